The fourth-order valence-corrected chi connectivity index (χ4v) is 3.86. The molecule has 138 valence electrons. The van der Waals surface area contributed by atoms with Crippen molar-refractivity contribution in [3.8, 4) is 0 Å². The molecule has 0 aliphatic carbocycles. The van der Waals surface area contributed by atoms with Crippen LogP contribution in [0.1, 0.15) is 29.5 Å². The van der Waals surface area contributed by atoms with Crippen molar-refractivity contribution in [3.63, 3.8) is 0 Å². The molecule has 1 aliphatic heterocycles. The minimum absolute atomic E-state index is 0.275. The molecule has 2 aromatic carbocycles. The van der Waals surface area contributed by atoms with E-state index in [2.05, 4.69) is 21.8 Å². The first-order valence-electron chi connectivity index (χ1n) is 8.74. The number of nitrogens with zero attached hydrogens (tertiary/aromatic N) is 1. The second-order valence-corrected chi connectivity index (χ2v) is 8.61. The highest BCUT2D eigenvalue weighted by molar-refractivity contribution is 7.92. The van der Waals surface area contributed by atoms with E-state index in [1.54, 1.807) is 30.3 Å². The van der Waals surface area contributed by atoms with Crippen LogP contribution in [-0.2, 0) is 23.1 Å². The van der Waals surface area contributed by atoms with Gasteiger partial charge >= 0.3 is 0 Å². The van der Waals surface area contributed by atoms with E-state index in [4.69, 9.17) is 11.6 Å². The predicted molar refractivity (Wildman–Crippen MR) is 107 cm³/mol. The van der Waals surface area contributed by atoms with Crippen LogP contribution < -0.4 is 4.72 Å². The van der Waals surface area contributed by atoms with Crippen LogP contribution in [0.2, 0.25) is 5.02 Å². The highest BCUT2D eigenvalue weighted by atomic mass is 35.5. The Morgan fingerprint density at radius 3 is 2.23 bits per heavy atom. The molecule has 4 nitrogen and oxygen atoms in total. The monoisotopic (exact) mass is 390 g/mol. The summed E-state index contributed by atoms with van der Waals surface area (Å²) < 4.78 is 26.8. The van der Waals surface area contributed by atoms with Gasteiger partial charge in [0.25, 0.3) is 0 Å². The molecule has 0 atom stereocenters. The van der Waals surface area contributed by atoms with E-state index < -0.39 is 10.0 Å². The summed E-state index contributed by atoms with van der Waals surface area (Å²) in [6.45, 7) is 3.58. The summed E-state index contributed by atoms with van der Waals surface area (Å²) in [6, 6.07) is 15.1. The maximum atomic E-state index is 12.1. The minimum atomic E-state index is -3.49. The molecule has 3 rings (SSSR count). The molecule has 1 fully saturated rings. The van der Waals surface area contributed by atoms with Crippen molar-refractivity contribution in [2.24, 2.45) is 0 Å². The zero-order valence-electron chi connectivity index (χ0n) is 14.6. The average molecular weight is 391 g/mol. The Bertz CT molecular complexity index is 840. The van der Waals surface area contributed by atoms with E-state index in [0.717, 1.165) is 17.7 Å². The van der Waals surface area contributed by atoms with Crippen LogP contribution in [0.15, 0.2) is 53.9 Å². The van der Waals surface area contributed by atoms with Gasteiger partial charge in [-0.05, 0) is 60.8 Å². The Kier molecular flexibility index (Phi) is 6.48. The van der Waals surface area contributed by atoms with Crippen LogP contribution in [0.4, 0.5) is 0 Å². The number of hydrogen-bond donors (Lipinski definition) is 1. The maximum absolute atomic E-state index is 12.1. The van der Waals surface area contributed by atoms with Crippen LogP contribution >= 0.6 is 11.6 Å². The molecule has 0 spiro atoms. The Morgan fingerprint density at radius 1 is 0.962 bits per heavy atom. The van der Waals surface area contributed by atoms with Crippen LogP contribution in [0.3, 0.4) is 0 Å². The third-order valence-corrected chi connectivity index (χ3v) is 5.71. The first-order valence-corrected chi connectivity index (χ1v) is 10.7. The predicted octanol–water partition coefficient (Wildman–Crippen LogP) is 4.03. The first kappa shape index (κ1) is 19.1. The molecule has 2 aromatic rings. The van der Waals surface area contributed by atoms with Gasteiger partial charge in [0.05, 0.1) is 0 Å². The van der Waals surface area contributed by atoms with Gasteiger partial charge in [-0.1, -0.05) is 48.0 Å². The molecule has 26 heavy (non-hydrogen) atoms. The fourth-order valence-electron chi connectivity index (χ4n) is 2.94. The van der Waals surface area contributed by atoms with Crippen molar-refractivity contribution in [3.05, 3.63) is 75.7 Å². The van der Waals surface area contributed by atoms with E-state index in [1.165, 1.54) is 36.9 Å². The Hall–Kier alpha value is -1.66. The SMILES string of the molecule is O=S(=O)(/C=C/c1ccc(Cl)cc1)NCc1ccc(CN2CCCC2)cc1. The normalized spacial score (nSPS) is 15.7. The first-order chi connectivity index (χ1) is 12.5. The molecule has 1 N–H and O–H groups in total. The standard InChI is InChI=1S/C20H23ClN2O2S/c21-20-9-7-17(8-10-20)11-14-26(24,25)22-15-18-3-5-19(6-4-18)16-23-12-1-2-13-23/h3-11,14,22H,1-2,12-13,15-16H2/b14-11+. The van der Waals surface area contributed by atoms with Crippen LogP contribution in [0.25, 0.3) is 6.08 Å². The molecule has 0 saturated carbocycles. The van der Waals surface area contributed by atoms with Crippen molar-refractivity contribution in [2.45, 2.75) is 25.9 Å². The number of sulfonamides is 1. The number of likely N-dealkylation sites (tertiary alicyclic amines) is 1. The Morgan fingerprint density at radius 2 is 1.58 bits per heavy atom. The van der Waals surface area contributed by atoms with Gasteiger partial charge in [0.1, 0.15) is 0 Å². The molecule has 0 bridgehead atoms. The number of nitrogens with one attached hydrogen (secondary N) is 1. The molecule has 0 amide bonds. The summed E-state index contributed by atoms with van der Waals surface area (Å²) in [7, 11) is -3.49. The number of hydrogen-bond acceptors (Lipinski definition) is 3. The summed E-state index contributed by atoms with van der Waals surface area (Å²) in [6.07, 6.45) is 4.12. The minimum Gasteiger partial charge on any atom is -0.299 e. The van der Waals surface area contributed by atoms with E-state index in [-0.39, 0.29) is 6.54 Å². The van der Waals surface area contributed by atoms with Gasteiger partial charge in [-0.15, -0.1) is 0 Å². The molecule has 0 aromatic heterocycles. The van der Waals surface area contributed by atoms with Gasteiger partial charge in [-0.2, -0.15) is 0 Å². The van der Waals surface area contributed by atoms with Gasteiger partial charge < -0.3 is 0 Å². The highest BCUT2D eigenvalue weighted by Crippen LogP contribution is 2.14. The largest absolute Gasteiger partial charge is 0.299 e. The molecule has 1 aliphatic rings. The van der Waals surface area contributed by atoms with E-state index >= 15 is 0 Å². The van der Waals surface area contributed by atoms with Crippen molar-refractivity contribution in [1.29, 1.82) is 0 Å². The maximum Gasteiger partial charge on any atom is 0.234 e. The molecule has 6 heteroatoms. The lowest BCUT2D eigenvalue weighted by molar-refractivity contribution is 0.331. The van der Waals surface area contributed by atoms with Gasteiger partial charge in [-0.3, -0.25) is 4.90 Å². The second kappa shape index (κ2) is 8.82. The van der Waals surface area contributed by atoms with Crippen molar-refractivity contribution in [2.75, 3.05) is 13.1 Å². The summed E-state index contributed by atoms with van der Waals surface area (Å²) in [4.78, 5) is 2.44. The third-order valence-electron chi connectivity index (χ3n) is 4.41. The van der Waals surface area contributed by atoms with Crippen LogP contribution in [0.5, 0.6) is 0 Å². The Balaban J connectivity index is 1.52. The van der Waals surface area contributed by atoms with Gasteiger partial charge in [0.15, 0.2) is 0 Å². The topological polar surface area (TPSA) is 49.4 Å². The summed E-state index contributed by atoms with van der Waals surface area (Å²) in [5.41, 5.74) is 2.99. The van der Waals surface area contributed by atoms with E-state index in [1.807, 2.05) is 12.1 Å². The lowest BCUT2D eigenvalue weighted by Gasteiger charge is -2.14. The zero-order valence-corrected chi connectivity index (χ0v) is 16.1. The number of halogens is 1. The highest BCUT2D eigenvalue weighted by Gasteiger charge is 2.11. The summed E-state index contributed by atoms with van der Waals surface area (Å²) in [5.74, 6) is 0. The quantitative estimate of drug-likeness (QED) is 0.776. The molecule has 0 radical (unpaired) electrons. The van der Waals surface area contributed by atoms with Crippen LogP contribution in [-0.4, -0.2) is 26.4 Å². The average Bonchev–Trinajstić information content (AvgIpc) is 3.14. The second-order valence-electron chi connectivity index (χ2n) is 6.52. The molecular formula is C20H23ClN2O2S. The van der Waals surface area contributed by atoms with Crippen molar-refractivity contribution in [1.82, 2.24) is 9.62 Å². The fraction of sp³-hybridized carbons (Fsp3) is 0.300. The van der Waals surface area contributed by atoms with Gasteiger partial charge in [0, 0.05) is 23.5 Å². The Labute approximate surface area is 160 Å². The molecule has 0 unspecified atom stereocenters. The van der Waals surface area contributed by atoms with E-state index in [0.29, 0.717) is 5.02 Å². The molecular weight excluding hydrogens is 368 g/mol. The summed E-state index contributed by atoms with van der Waals surface area (Å²) >= 11 is 5.82. The van der Waals surface area contributed by atoms with Crippen molar-refractivity contribution < 1.29 is 8.42 Å². The lowest BCUT2D eigenvalue weighted by atomic mass is 10.1. The summed E-state index contributed by atoms with van der Waals surface area (Å²) in [5, 5.41) is 1.80. The lowest BCUT2D eigenvalue weighted by Crippen LogP contribution is -2.21. The van der Waals surface area contributed by atoms with Gasteiger partial charge in [-0.25, -0.2) is 13.1 Å². The van der Waals surface area contributed by atoms with Crippen molar-refractivity contribution >= 4 is 27.7 Å². The van der Waals surface area contributed by atoms with Crippen LogP contribution in [0, 0.1) is 0 Å². The number of benzene rings is 2. The third kappa shape index (κ3) is 5.95. The van der Waals surface area contributed by atoms with E-state index in [9.17, 15) is 8.42 Å². The smallest absolute Gasteiger partial charge is 0.234 e. The number of rotatable bonds is 7. The van der Waals surface area contributed by atoms with Gasteiger partial charge in [0.2, 0.25) is 10.0 Å². The molecule has 1 heterocycles. The molecule has 1 saturated heterocycles. The zero-order chi connectivity index (χ0) is 18.4.